The summed E-state index contributed by atoms with van der Waals surface area (Å²) < 4.78 is 5.49. The number of thioether (sulfide) groups is 1. The third-order valence-electron chi connectivity index (χ3n) is 3.75. The van der Waals surface area contributed by atoms with E-state index in [-0.39, 0.29) is 5.91 Å². The van der Waals surface area contributed by atoms with E-state index in [1.54, 1.807) is 0 Å². The van der Waals surface area contributed by atoms with Crippen molar-refractivity contribution in [3.63, 3.8) is 0 Å². The normalized spacial score (nSPS) is 10.8. The number of hydrogen-bond acceptors (Lipinski definition) is 4. The fourth-order valence-electron chi connectivity index (χ4n) is 2.48. The number of carbonyl (C=O) groups is 1. The highest BCUT2D eigenvalue weighted by Crippen LogP contribution is 2.24. The highest BCUT2D eigenvalue weighted by molar-refractivity contribution is 7.99. The molecule has 0 unspecified atom stereocenters. The zero-order chi connectivity index (χ0) is 17.8. The van der Waals surface area contributed by atoms with Crippen molar-refractivity contribution in [2.24, 2.45) is 0 Å². The smallest absolute Gasteiger partial charge is 0.234 e. The molecular weight excluding hydrogens is 334 g/mol. The van der Waals surface area contributed by atoms with Crippen LogP contribution in [0, 0.1) is 13.8 Å². The van der Waals surface area contributed by atoms with Crippen LogP contribution in [0.15, 0.2) is 41.6 Å². The number of nitrogens with one attached hydrogen (secondary N) is 2. The molecule has 0 spiro atoms. The van der Waals surface area contributed by atoms with E-state index in [0.29, 0.717) is 12.4 Å². The molecule has 0 atom stereocenters. The van der Waals surface area contributed by atoms with E-state index in [0.717, 1.165) is 38.8 Å². The Bertz CT molecular complexity index is 905. The number of nitrogens with zero attached hydrogens (tertiary/aromatic N) is 1. The van der Waals surface area contributed by atoms with Gasteiger partial charge in [0.15, 0.2) is 5.16 Å². The van der Waals surface area contributed by atoms with Gasteiger partial charge in [-0.05, 0) is 50.1 Å². The summed E-state index contributed by atoms with van der Waals surface area (Å²) >= 11 is 1.38. The van der Waals surface area contributed by atoms with Crippen LogP contribution in [0.2, 0.25) is 0 Å². The van der Waals surface area contributed by atoms with Gasteiger partial charge in [-0.3, -0.25) is 4.79 Å². The molecule has 0 aliphatic rings. The van der Waals surface area contributed by atoms with E-state index >= 15 is 0 Å². The summed E-state index contributed by atoms with van der Waals surface area (Å²) in [6, 6.07) is 11.8. The van der Waals surface area contributed by atoms with E-state index in [2.05, 4.69) is 15.3 Å². The molecule has 1 amide bonds. The summed E-state index contributed by atoms with van der Waals surface area (Å²) in [6.07, 6.45) is 0. The Balaban J connectivity index is 1.63. The Morgan fingerprint density at radius 1 is 1.24 bits per heavy atom. The topological polar surface area (TPSA) is 67.0 Å². The third kappa shape index (κ3) is 4.33. The molecular formula is C19H21N3O2S. The van der Waals surface area contributed by atoms with Gasteiger partial charge in [0, 0.05) is 11.8 Å². The lowest BCUT2D eigenvalue weighted by Gasteiger charge is -2.08. The second-order valence-electron chi connectivity index (χ2n) is 5.81. The van der Waals surface area contributed by atoms with Crippen molar-refractivity contribution >= 4 is 34.4 Å². The van der Waals surface area contributed by atoms with E-state index < -0.39 is 0 Å². The van der Waals surface area contributed by atoms with Gasteiger partial charge in [0.1, 0.15) is 5.75 Å². The first kappa shape index (κ1) is 17.4. The van der Waals surface area contributed by atoms with E-state index in [1.807, 2.05) is 57.2 Å². The van der Waals surface area contributed by atoms with Gasteiger partial charge >= 0.3 is 0 Å². The zero-order valence-electron chi connectivity index (χ0n) is 14.6. The van der Waals surface area contributed by atoms with Crippen LogP contribution in [0.25, 0.3) is 11.0 Å². The fraction of sp³-hybridized carbons (Fsp3) is 0.263. The van der Waals surface area contributed by atoms with E-state index in [4.69, 9.17) is 4.74 Å². The quantitative estimate of drug-likeness (QED) is 0.647. The van der Waals surface area contributed by atoms with Crippen LogP contribution in [-0.2, 0) is 4.79 Å². The lowest BCUT2D eigenvalue weighted by atomic mass is 10.1. The maximum absolute atomic E-state index is 12.2. The minimum Gasteiger partial charge on any atom is -0.494 e. The molecule has 0 fully saturated rings. The van der Waals surface area contributed by atoms with Crippen molar-refractivity contribution in [1.29, 1.82) is 0 Å². The lowest BCUT2D eigenvalue weighted by molar-refractivity contribution is -0.113. The number of imidazole rings is 1. The number of aryl methyl sites for hydroxylation is 2. The molecule has 3 aromatic rings. The van der Waals surface area contributed by atoms with Crippen molar-refractivity contribution in [3.05, 3.63) is 47.5 Å². The summed E-state index contributed by atoms with van der Waals surface area (Å²) in [5.74, 6) is 1.06. The van der Waals surface area contributed by atoms with Crippen molar-refractivity contribution in [2.75, 3.05) is 17.7 Å². The number of benzene rings is 2. The Kier molecular flexibility index (Phi) is 5.28. The predicted molar refractivity (Wildman–Crippen MR) is 103 cm³/mol. The number of hydrogen-bond donors (Lipinski definition) is 2. The number of carbonyl (C=O) groups excluding carboxylic acids is 1. The van der Waals surface area contributed by atoms with Crippen LogP contribution >= 0.6 is 11.8 Å². The number of anilines is 1. The molecule has 1 aromatic heterocycles. The average Bonchev–Trinajstić information content (AvgIpc) is 2.99. The van der Waals surface area contributed by atoms with E-state index in [1.165, 1.54) is 11.8 Å². The van der Waals surface area contributed by atoms with Crippen LogP contribution in [0.1, 0.15) is 18.1 Å². The largest absolute Gasteiger partial charge is 0.494 e. The van der Waals surface area contributed by atoms with Crippen LogP contribution in [0.3, 0.4) is 0 Å². The van der Waals surface area contributed by atoms with Gasteiger partial charge < -0.3 is 15.0 Å². The van der Waals surface area contributed by atoms with Crippen LogP contribution in [0.4, 0.5) is 5.69 Å². The van der Waals surface area contributed by atoms with Gasteiger partial charge in [-0.1, -0.05) is 23.9 Å². The first-order chi connectivity index (χ1) is 12.0. The molecule has 0 saturated carbocycles. The molecule has 0 bridgehead atoms. The van der Waals surface area contributed by atoms with Gasteiger partial charge in [0.05, 0.1) is 23.4 Å². The summed E-state index contributed by atoms with van der Waals surface area (Å²) in [5, 5.41) is 3.68. The van der Waals surface area contributed by atoms with Crippen molar-refractivity contribution in [2.45, 2.75) is 25.9 Å². The van der Waals surface area contributed by atoms with Crippen LogP contribution in [0.5, 0.6) is 5.75 Å². The Morgan fingerprint density at radius 3 is 2.88 bits per heavy atom. The SMILES string of the molecule is CCOc1ccc2nc(SCC(=O)Nc3cc(C)ccc3C)[nH]c2c1. The van der Waals surface area contributed by atoms with Gasteiger partial charge in [-0.2, -0.15) is 0 Å². The highest BCUT2D eigenvalue weighted by atomic mass is 32.2. The molecule has 2 N–H and O–H groups in total. The van der Waals surface area contributed by atoms with E-state index in [9.17, 15) is 4.79 Å². The molecule has 2 aromatic carbocycles. The Labute approximate surface area is 151 Å². The van der Waals surface area contributed by atoms with Gasteiger partial charge in [-0.25, -0.2) is 4.98 Å². The van der Waals surface area contributed by atoms with Gasteiger partial charge in [-0.15, -0.1) is 0 Å². The lowest BCUT2D eigenvalue weighted by Crippen LogP contribution is -2.15. The van der Waals surface area contributed by atoms with Crippen LogP contribution in [-0.4, -0.2) is 28.2 Å². The maximum Gasteiger partial charge on any atom is 0.234 e. The molecule has 0 aliphatic heterocycles. The molecule has 0 saturated heterocycles. The highest BCUT2D eigenvalue weighted by Gasteiger charge is 2.09. The molecule has 0 radical (unpaired) electrons. The second-order valence-corrected chi connectivity index (χ2v) is 6.77. The fourth-order valence-corrected chi connectivity index (χ4v) is 3.17. The molecule has 6 heteroatoms. The number of H-pyrrole nitrogens is 1. The number of ether oxygens (including phenoxy) is 1. The predicted octanol–water partition coefficient (Wildman–Crippen LogP) is 4.31. The first-order valence-electron chi connectivity index (χ1n) is 8.17. The minimum atomic E-state index is -0.0471. The molecule has 5 nitrogen and oxygen atoms in total. The van der Waals surface area contributed by atoms with Crippen molar-refractivity contribution in [1.82, 2.24) is 9.97 Å². The van der Waals surface area contributed by atoms with Crippen molar-refractivity contribution in [3.8, 4) is 5.75 Å². The molecule has 25 heavy (non-hydrogen) atoms. The monoisotopic (exact) mass is 355 g/mol. The summed E-state index contributed by atoms with van der Waals surface area (Å²) in [7, 11) is 0. The Morgan fingerprint density at radius 2 is 2.08 bits per heavy atom. The van der Waals surface area contributed by atoms with Crippen LogP contribution < -0.4 is 10.1 Å². The Hall–Kier alpha value is -2.47. The van der Waals surface area contributed by atoms with Gasteiger partial charge in [0.2, 0.25) is 5.91 Å². The number of rotatable bonds is 6. The summed E-state index contributed by atoms with van der Waals surface area (Å²) in [5.41, 5.74) is 4.80. The minimum absolute atomic E-state index is 0.0471. The average molecular weight is 355 g/mol. The third-order valence-corrected chi connectivity index (χ3v) is 4.62. The molecule has 0 aliphatic carbocycles. The first-order valence-corrected chi connectivity index (χ1v) is 9.16. The molecule has 3 rings (SSSR count). The maximum atomic E-state index is 12.2. The number of aromatic amines is 1. The summed E-state index contributed by atoms with van der Waals surface area (Å²) in [6.45, 7) is 6.57. The van der Waals surface area contributed by atoms with Crippen molar-refractivity contribution < 1.29 is 9.53 Å². The summed E-state index contributed by atoms with van der Waals surface area (Å²) in [4.78, 5) is 19.9. The molecule has 1 heterocycles. The number of amides is 1. The van der Waals surface area contributed by atoms with Gasteiger partial charge in [0.25, 0.3) is 0 Å². The number of aromatic nitrogens is 2. The standard InChI is InChI=1S/C19H21N3O2S/c1-4-24-14-7-8-15-17(10-14)22-19(21-15)25-11-18(23)20-16-9-12(2)5-6-13(16)3/h5-10H,4,11H2,1-3H3,(H,20,23)(H,21,22). The zero-order valence-corrected chi connectivity index (χ0v) is 15.4. The second kappa shape index (κ2) is 7.61. The number of fused-ring (bicyclic) bond motifs is 1. The molecule has 130 valence electrons.